The molecule has 7 nitrogen and oxygen atoms in total. The van der Waals surface area contributed by atoms with Gasteiger partial charge in [-0.25, -0.2) is 0 Å². The van der Waals surface area contributed by atoms with Crippen LogP contribution in [0, 0.1) is 0 Å². The van der Waals surface area contributed by atoms with Crippen LogP contribution in [0.2, 0.25) is 0 Å². The quantitative estimate of drug-likeness (QED) is 0.449. The molecule has 5 rings (SSSR count). The Balaban J connectivity index is 1.19. The molecule has 2 aromatic carbocycles. The van der Waals surface area contributed by atoms with Crippen molar-refractivity contribution in [3.8, 4) is 5.69 Å². The molecule has 8 heteroatoms. The van der Waals surface area contributed by atoms with Gasteiger partial charge in [-0.1, -0.05) is 66.7 Å². The van der Waals surface area contributed by atoms with Crippen molar-refractivity contribution in [3.63, 3.8) is 0 Å². The van der Waals surface area contributed by atoms with E-state index >= 15 is 0 Å². The Bertz CT molecular complexity index is 1080. The van der Waals surface area contributed by atoms with Crippen LogP contribution < -0.4 is 0 Å². The molecule has 0 radical (unpaired) electrons. The maximum Gasteiger partial charge on any atom is 0.233 e. The Morgan fingerprint density at radius 1 is 0.743 bits per heavy atom. The predicted molar refractivity (Wildman–Crippen MR) is 140 cm³/mol. The number of hydrogen-bond acceptors (Lipinski definition) is 6. The number of likely N-dealkylation sites (tertiary alicyclic amines) is 1. The second-order valence-electron chi connectivity index (χ2n) is 9.34. The van der Waals surface area contributed by atoms with E-state index < -0.39 is 0 Å². The van der Waals surface area contributed by atoms with Gasteiger partial charge in [0.15, 0.2) is 11.0 Å². The number of carbonyl (C=O) groups excluding carboxylic acids is 1. The zero-order valence-electron chi connectivity index (χ0n) is 20.3. The van der Waals surface area contributed by atoms with Crippen molar-refractivity contribution < 1.29 is 4.79 Å². The van der Waals surface area contributed by atoms with E-state index in [2.05, 4.69) is 61.0 Å². The minimum absolute atomic E-state index is 0.176. The summed E-state index contributed by atoms with van der Waals surface area (Å²) in [5, 5.41) is 9.84. The summed E-state index contributed by atoms with van der Waals surface area (Å²) in [5.41, 5.74) is 2.37. The van der Waals surface area contributed by atoms with Crippen LogP contribution in [0.4, 0.5) is 0 Å². The van der Waals surface area contributed by atoms with Gasteiger partial charge in [-0.15, -0.1) is 10.2 Å². The van der Waals surface area contributed by atoms with Crippen molar-refractivity contribution in [3.05, 3.63) is 72.1 Å². The van der Waals surface area contributed by atoms with E-state index in [1.54, 1.807) is 0 Å². The second-order valence-corrected chi connectivity index (χ2v) is 10.3. The van der Waals surface area contributed by atoms with E-state index in [9.17, 15) is 4.79 Å². The number of amides is 1. The first-order chi connectivity index (χ1) is 17.3. The molecule has 2 fully saturated rings. The maximum atomic E-state index is 13.0. The fraction of sp³-hybridized carbons (Fsp3) is 0.444. The van der Waals surface area contributed by atoms with E-state index in [0.29, 0.717) is 5.75 Å². The Morgan fingerprint density at radius 3 is 2.11 bits per heavy atom. The maximum absolute atomic E-state index is 13.0. The molecule has 0 saturated carbocycles. The van der Waals surface area contributed by atoms with Crippen LogP contribution in [0.3, 0.4) is 0 Å². The molecule has 3 heterocycles. The van der Waals surface area contributed by atoms with Gasteiger partial charge in [0.25, 0.3) is 0 Å². The average molecular weight is 491 g/mol. The molecule has 0 aliphatic carbocycles. The van der Waals surface area contributed by atoms with E-state index in [-0.39, 0.29) is 5.91 Å². The zero-order valence-corrected chi connectivity index (χ0v) is 21.1. The van der Waals surface area contributed by atoms with Crippen molar-refractivity contribution in [2.75, 3.05) is 45.0 Å². The standard InChI is InChI=1S/C27H34N6OS/c34-26(32-18-16-31(17-19-32)20-23-10-4-1-5-11-23)22-35-27-29-28-25(21-30-14-8-3-9-15-30)33(27)24-12-6-2-7-13-24/h1-2,4-7,10-13H,3,8-9,14-22H2. The van der Waals surface area contributed by atoms with Crippen LogP contribution >= 0.6 is 11.8 Å². The molecule has 0 bridgehead atoms. The highest BCUT2D eigenvalue weighted by Crippen LogP contribution is 2.24. The molecule has 184 valence electrons. The lowest BCUT2D eigenvalue weighted by atomic mass is 10.1. The van der Waals surface area contributed by atoms with E-state index in [0.717, 1.165) is 69.0 Å². The zero-order chi connectivity index (χ0) is 23.9. The fourth-order valence-corrected chi connectivity index (χ4v) is 5.74. The summed E-state index contributed by atoms with van der Waals surface area (Å²) in [7, 11) is 0. The monoisotopic (exact) mass is 490 g/mol. The highest BCUT2D eigenvalue weighted by atomic mass is 32.2. The Labute approximate surface area is 212 Å². The number of aromatic nitrogens is 3. The van der Waals surface area contributed by atoms with Crippen LogP contribution in [0.1, 0.15) is 30.7 Å². The van der Waals surface area contributed by atoms with E-state index in [4.69, 9.17) is 0 Å². The molecule has 35 heavy (non-hydrogen) atoms. The van der Waals surface area contributed by atoms with Crippen molar-refractivity contribution >= 4 is 17.7 Å². The molecule has 0 spiro atoms. The van der Waals surface area contributed by atoms with Gasteiger partial charge in [-0.2, -0.15) is 0 Å². The van der Waals surface area contributed by atoms with Crippen LogP contribution in [-0.2, 0) is 17.9 Å². The minimum Gasteiger partial charge on any atom is -0.339 e. The molecule has 2 saturated heterocycles. The highest BCUT2D eigenvalue weighted by molar-refractivity contribution is 7.99. The molecule has 0 unspecified atom stereocenters. The van der Waals surface area contributed by atoms with Gasteiger partial charge in [0.05, 0.1) is 12.3 Å². The normalized spacial score (nSPS) is 17.5. The summed E-state index contributed by atoms with van der Waals surface area (Å²) in [6.45, 7) is 7.32. The summed E-state index contributed by atoms with van der Waals surface area (Å²) in [4.78, 5) is 19.9. The van der Waals surface area contributed by atoms with Gasteiger partial charge in [0, 0.05) is 38.4 Å². The number of carbonyl (C=O) groups is 1. The number of thioether (sulfide) groups is 1. The summed E-state index contributed by atoms with van der Waals surface area (Å²) in [6.07, 6.45) is 3.80. The number of nitrogens with zero attached hydrogens (tertiary/aromatic N) is 6. The first kappa shape index (κ1) is 24.0. The third kappa shape index (κ3) is 6.31. The topological polar surface area (TPSA) is 57.5 Å². The lowest BCUT2D eigenvalue weighted by Crippen LogP contribution is -2.48. The lowest BCUT2D eigenvalue weighted by Gasteiger charge is -2.34. The van der Waals surface area contributed by atoms with Crippen molar-refractivity contribution in [2.24, 2.45) is 0 Å². The summed E-state index contributed by atoms with van der Waals surface area (Å²) >= 11 is 1.50. The average Bonchev–Trinajstić information content (AvgIpc) is 3.31. The molecular formula is C27H34N6OS. The van der Waals surface area contributed by atoms with E-state index in [1.807, 2.05) is 29.2 Å². The van der Waals surface area contributed by atoms with Crippen molar-refractivity contribution in [1.29, 1.82) is 0 Å². The number of para-hydroxylation sites is 1. The summed E-state index contributed by atoms with van der Waals surface area (Å²) < 4.78 is 2.13. The van der Waals surface area contributed by atoms with Crippen LogP contribution in [0.25, 0.3) is 5.69 Å². The Hall–Kier alpha value is -2.68. The second kappa shape index (κ2) is 11.8. The summed E-state index contributed by atoms with van der Waals surface area (Å²) in [5.74, 6) is 1.50. The van der Waals surface area contributed by atoms with Gasteiger partial charge in [0.1, 0.15) is 0 Å². The lowest BCUT2D eigenvalue weighted by molar-refractivity contribution is -0.130. The molecule has 0 N–H and O–H groups in total. The van der Waals surface area contributed by atoms with Crippen molar-refractivity contribution in [1.82, 2.24) is 29.5 Å². The molecule has 1 aromatic heterocycles. The Kier molecular flexibility index (Phi) is 8.13. The smallest absolute Gasteiger partial charge is 0.233 e. The third-order valence-electron chi connectivity index (χ3n) is 6.83. The molecule has 2 aliphatic rings. The van der Waals surface area contributed by atoms with Gasteiger partial charge >= 0.3 is 0 Å². The van der Waals surface area contributed by atoms with Crippen molar-refractivity contribution in [2.45, 2.75) is 37.5 Å². The van der Waals surface area contributed by atoms with Crippen LogP contribution in [-0.4, -0.2) is 80.4 Å². The SMILES string of the molecule is O=C(CSc1nnc(CN2CCCCC2)n1-c1ccccc1)N1CCN(Cc2ccccc2)CC1. The largest absolute Gasteiger partial charge is 0.339 e. The number of benzene rings is 2. The van der Waals surface area contributed by atoms with Crippen LogP contribution in [0.15, 0.2) is 65.8 Å². The van der Waals surface area contributed by atoms with Gasteiger partial charge in [0.2, 0.25) is 5.91 Å². The first-order valence-corrected chi connectivity index (χ1v) is 13.6. The summed E-state index contributed by atoms with van der Waals surface area (Å²) in [6, 6.07) is 20.8. The Morgan fingerprint density at radius 2 is 1.40 bits per heavy atom. The molecule has 1 amide bonds. The molecular weight excluding hydrogens is 456 g/mol. The van der Waals surface area contributed by atoms with E-state index in [1.165, 1.54) is 36.6 Å². The highest BCUT2D eigenvalue weighted by Gasteiger charge is 2.23. The number of hydrogen-bond donors (Lipinski definition) is 0. The van der Waals surface area contributed by atoms with Gasteiger partial charge < -0.3 is 4.90 Å². The first-order valence-electron chi connectivity index (χ1n) is 12.7. The molecule has 3 aromatic rings. The van der Waals surface area contributed by atoms with Gasteiger partial charge in [-0.05, 0) is 43.6 Å². The number of piperidine rings is 1. The van der Waals surface area contributed by atoms with Crippen LogP contribution in [0.5, 0.6) is 0 Å². The van der Waals surface area contributed by atoms with Gasteiger partial charge in [-0.3, -0.25) is 19.2 Å². The predicted octanol–water partition coefficient (Wildman–Crippen LogP) is 3.69. The number of piperazine rings is 1. The fourth-order valence-electron chi connectivity index (χ4n) is 4.86. The minimum atomic E-state index is 0.176. The third-order valence-corrected chi connectivity index (χ3v) is 7.74. The molecule has 2 aliphatic heterocycles. The molecule has 0 atom stereocenters. The number of rotatable bonds is 8.